The molecule has 1 saturated heterocycles. The van der Waals surface area contributed by atoms with Crippen LogP contribution in [-0.2, 0) is 9.47 Å². The molecule has 1 amide bonds. The molecule has 0 aromatic heterocycles. The molecule has 0 saturated carbocycles. The van der Waals surface area contributed by atoms with E-state index in [2.05, 4.69) is 0 Å². The van der Waals surface area contributed by atoms with Gasteiger partial charge in [-0.25, -0.2) is 9.18 Å². The number of benzene rings is 1. The van der Waals surface area contributed by atoms with E-state index in [4.69, 9.17) is 14.2 Å². The van der Waals surface area contributed by atoms with Crippen molar-refractivity contribution in [2.45, 2.75) is 44.9 Å². The molecule has 1 aromatic rings. The van der Waals surface area contributed by atoms with Crippen LogP contribution in [0, 0.1) is 5.82 Å². The molecule has 2 aliphatic rings. The van der Waals surface area contributed by atoms with Gasteiger partial charge in [0.05, 0.1) is 32.4 Å². The van der Waals surface area contributed by atoms with Gasteiger partial charge in [0.2, 0.25) is 0 Å². The molecular formula is C19H24FNO4. The monoisotopic (exact) mass is 349 g/mol. The van der Waals surface area contributed by atoms with E-state index in [0.29, 0.717) is 19.6 Å². The Kier molecular flexibility index (Phi) is 4.73. The molecule has 0 spiro atoms. The van der Waals surface area contributed by atoms with Gasteiger partial charge in [-0.3, -0.25) is 4.90 Å². The Morgan fingerprint density at radius 1 is 1.32 bits per heavy atom. The lowest BCUT2D eigenvalue weighted by Gasteiger charge is -2.44. The molecule has 136 valence electrons. The predicted molar refractivity (Wildman–Crippen MR) is 92.0 cm³/mol. The molecule has 2 unspecified atom stereocenters. The van der Waals surface area contributed by atoms with E-state index in [1.165, 1.54) is 13.2 Å². The third-order valence-electron chi connectivity index (χ3n) is 4.33. The van der Waals surface area contributed by atoms with Crippen LogP contribution in [0.25, 0.3) is 5.57 Å². The van der Waals surface area contributed by atoms with Gasteiger partial charge >= 0.3 is 6.09 Å². The molecule has 0 aliphatic carbocycles. The molecule has 6 heteroatoms. The Morgan fingerprint density at radius 3 is 2.68 bits per heavy atom. The number of nitrogens with zero attached hydrogens (tertiary/aromatic N) is 1. The summed E-state index contributed by atoms with van der Waals surface area (Å²) in [5, 5.41) is 0. The summed E-state index contributed by atoms with van der Waals surface area (Å²) in [6.07, 6.45) is 2.24. The van der Waals surface area contributed by atoms with Gasteiger partial charge in [-0.1, -0.05) is 12.1 Å². The number of ether oxygens (including phenoxy) is 3. The first-order valence-corrected chi connectivity index (χ1v) is 8.42. The molecule has 2 aliphatic heterocycles. The molecular weight excluding hydrogens is 325 g/mol. The van der Waals surface area contributed by atoms with E-state index in [1.54, 1.807) is 11.0 Å². The van der Waals surface area contributed by atoms with Gasteiger partial charge in [-0.05, 0) is 50.5 Å². The number of halogens is 1. The third-order valence-corrected chi connectivity index (χ3v) is 4.33. The van der Waals surface area contributed by atoms with Crippen LogP contribution >= 0.6 is 0 Å². The number of carbonyl (C=O) groups excluding carboxylic acids is 1. The maximum atomic E-state index is 14.0. The van der Waals surface area contributed by atoms with Crippen LogP contribution in [0.1, 0.15) is 32.8 Å². The highest BCUT2D eigenvalue weighted by atomic mass is 19.1. The van der Waals surface area contributed by atoms with Crippen LogP contribution in [-0.4, -0.2) is 49.0 Å². The molecule has 0 N–H and O–H groups in total. The lowest BCUT2D eigenvalue weighted by atomic mass is 9.90. The van der Waals surface area contributed by atoms with Gasteiger partial charge in [-0.15, -0.1) is 0 Å². The fourth-order valence-electron chi connectivity index (χ4n) is 3.28. The van der Waals surface area contributed by atoms with E-state index < -0.39 is 11.4 Å². The second kappa shape index (κ2) is 6.67. The summed E-state index contributed by atoms with van der Waals surface area (Å²) in [4.78, 5) is 14.3. The van der Waals surface area contributed by atoms with Crippen molar-refractivity contribution in [2.75, 3.05) is 20.3 Å². The average Bonchev–Trinajstić information content (AvgIpc) is 2.51. The quantitative estimate of drug-likeness (QED) is 0.818. The minimum Gasteiger partial charge on any atom is -0.494 e. The van der Waals surface area contributed by atoms with Gasteiger partial charge in [0, 0.05) is 0 Å². The maximum absolute atomic E-state index is 14.0. The first-order valence-electron chi connectivity index (χ1n) is 8.42. The highest BCUT2D eigenvalue weighted by Crippen LogP contribution is 2.34. The molecule has 0 radical (unpaired) electrons. The number of hydrogen-bond acceptors (Lipinski definition) is 4. The molecule has 1 aromatic carbocycles. The Bertz CT molecular complexity index is 695. The van der Waals surface area contributed by atoms with Gasteiger partial charge in [0.15, 0.2) is 11.6 Å². The largest absolute Gasteiger partial charge is 0.494 e. The Hall–Kier alpha value is -2.08. The molecule has 25 heavy (non-hydrogen) atoms. The highest BCUT2D eigenvalue weighted by Gasteiger charge is 2.40. The summed E-state index contributed by atoms with van der Waals surface area (Å²) in [6, 6.07) is 4.62. The van der Waals surface area contributed by atoms with Crippen molar-refractivity contribution in [3.8, 4) is 5.75 Å². The van der Waals surface area contributed by atoms with E-state index in [9.17, 15) is 9.18 Å². The zero-order valence-electron chi connectivity index (χ0n) is 15.0. The van der Waals surface area contributed by atoms with Gasteiger partial charge in [0.1, 0.15) is 5.60 Å². The second-order valence-electron chi connectivity index (χ2n) is 7.39. The van der Waals surface area contributed by atoms with Crippen molar-refractivity contribution in [3.63, 3.8) is 0 Å². The Labute approximate surface area is 147 Å². The first kappa shape index (κ1) is 17.7. The number of amides is 1. The molecule has 5 nitrogen and oxygen atoms in total. The molecule has 2 heterocycles. The standard InChI is InChI=1S/C19H24FNO4/c1-19(2,3)25-18(22)21-14-7-13(8-15(21)11-24-10-14)12-5-6-17(23-4)16(20)9-12/h5-7,9,14-15H,8,10-11H2,1-4H3. The van der Waals surface area contributed by atoms with Gasteiger partial charge < -0.3 is 14.2 Å². The SMILES string of the molecule is COc1ccc(C2=CC3COCC(C2)N3C(=O)OC(C)(C)C)cc1F. The van der Waals surface area contributed by atoms with Crippen molar-refractivity contribution in [2.24, 2.45) is 0 Å². The number of carbonyl (C=O) groups is 1. The lowest BCUT2D eigenvalue weighted by Crippen LogP contribution is -2.57. The van der Waals surface area contributed by atoms with Gasteiger partial charge in [0.25, 0.3) is 0 Å². The highest BCUT2D eigenvalue weighted by molar-refractivity contribution is 5.75. The summed E-state index contributed by atoms with van der Waals surface area (Å²) in [6.45, 7) is 6.41. The van der Waals surface area contributed by atoms with E-state index >= 15 is 0 Å². The van der Waals surface area contributed by atoms with Gasteiger partial charge in [-0.2, -0.15) is 0 Å². The van der Waals surface area contributed by atoms with Crippen molar-refractivity contribution >= 4 is 11.7 Å². The van der Waals surface area contributed by atoms with E-state index in [-0.39, 0.29) is 23.9 Å². The lowest BCUT2D eigenvalue weighted by molar-refractivity contribution is -0.0510. The summed E-state index contributed by atoms with van der Waals surface area (Å²) < 4.78 is 30.1. The maximum Gasteiger partial charge on any atom is 0.411 e. The fraction of sp³-hybridized carbons (Fsp3) is 0.526. The zero-order valence-corrected chi connectivity index (χ0v) is 15.0. The van der Waals surface area contributed by atoms with Crippen molar-refractivity contribution in [1.29, 1.82) is 0 Å². The summed E-state index contributed by atoms with van der Waals surface area (Å²) in [7, 11) is 1.44. The fourth-order valence-corrected chi connectivity index (χ4v) is 3.28. The molecule has 2 atom stereocenters. The topological polar surface area (TPSA) is 48.0 Å². The van der Waals surface area contributed by atoms with Crippen LogP contribution in [0.3, 0.4) is 0 Å². The van der Waals surface area contributed by atoms with Crippen molar-refractivity contribution < 1.29 is 23.4 Å². The smallest absolute Gasteiger partial charge is 0.411 e. The minimum absolute atomic E-state index is 0.112. The number of rotatable bonds is 2. The van der Waals surface area contributed by atoms with Crippen LogP contribution in [0.4, 0.5) is 9.18 Å². The minimum atomic E-state index is -0.546. The predicted octanol–water partition coefficient (Wildman–Crippen LogP) is 3.63. The number of hydrogen-bond donors (Lipinski definition) is 0. The van der Waals surface area contributed by atoms with E-state index in [0.717, 1.165) is 11.1 Å². The third kappa shape index (κ3) is 3.79. The molecule has 2 bridgehead atoms. The average molecular weight is 349 g/mol. The summed E-state index contributed by atoms with van der Waals surface area (Å²) >= 11 is 0. The van der Waals surface area contributed by atoms with Crippen LogP contribution < -0.4 is 4.74 Å². The second-order valence-corrected chi connectivity index (χ2v) is 7.39. The first-order chi connectivity index (χ1) is 11.8. The molecule has 1 fully saturated rings. The van der Waals surface area contributed by atoms with E-state index in [1.807, 2.05) is 32.9 Å². The summed E-state index contributed by atoms with van der Waals surface area (Å²) in [5.41, 5.74) is 1.27. The number of fused-ring (bicyclic) bond motifs is 2. The summed E-state index contributed by atoms with van der Waals surface area (Å²) in [5.74, 6) is -0.170. The Morgan fingerprint density at radius 2 is 2.08 bits per heavy atom. The van der Waals surface area contributed by atoms with Crippen molar-refractivity contribution in [3.05, 3.63) is 35.7 Å². The number of morpholine rings is 1. The normalized spacial score (nSPS) is 23.1. The van der Waals surface area contributed by atoms with Crippen molar-refractivity contribution in [1.82, 2.24) is 4.90 Å². The van der Waals surface area contributed by atoms with Crippen LogP contribution in [0.2, 0.25) is 0 Å². The zero-order chi connectivity index (χ0) is 18.2. The van der Waals surface area contributed by atoms with Crippen LogP contribution in [0.5, 0.6) is 5.75 Å². The molecule has 3 rings (SSSR count). The Balaban J connectivity index is 1.86. The van der Waals surface area contributed by atoms with Crippen LogP contribution in [0.15, 0.2) is 24.3 Å². The number of methoxy groups -OCH3 is 1.